The highest BCUT2D eigenvalue weighted by Gasteiger charge is 2.35. The van der Waals surface area contributed by atoms with Crippen molar-refractivity contribution in [2.45, 2.75) is 38.9 Å². The normalized spacial score (nSPS) is 12.0. The van der Waals surface area contributed by atoms with Gasteiger partial charge in [0.25, 0.3) is 0 Å². The minimum Gasteiger partial charge on any atom is -0.388 e. The molecule has 3 aromatic rings. The van der Waals surface area contributed by atoms with Gasteiger partial charge in [0.2, 0.25) is 0 Å². The molecule has 2 N–H and O–H groups in total. The van der Waals surface area contributed by atoms with Crippen LogP contribution in [0.4, 0.5) is 13.2 Å². The van der Waals surface area contributed by atoms with Crippen LogP contribution >= 0.6 is 0 Å². The molecule has 32 heavy (non-hydrogen) atoms. The summed E-state index contributed by atoms with van der Waals surface area (Å²) in [4.78, 5) is 4.74. The van der Waals surface area contributed by atoms with E-state index >= 15 is 0 Å². The Balaban J connectivity index is 0.000000258. The lowest BCUT2D eigenvalue weighted by molar-refractivity contribution is -0.138. The van der Waals surface area contributed by atoms with Crippen LogP contribution in [0.2, 0.25) is 0 Å². The van der Waals surface area contributed by atoms with E-state index in [9.17, 15) is 13.2 Å². The second kappa shape index (κ2) is 10.8. The first kappa shape index (κ1) is 24.9. The largest absolute Gasteiger partial charge is 0.416 e. The zero-order chi connectivity index (χ0) is 23.8. The van der Waals surface area contributed by atoms with Gasteiger partial charge < -0.3 is 5.73 Å². The van der Waals surface area contributed by atoms with Gasteiger partial charge in [0.15, 0.2) is 0 Å². The van der Waals surface area contributed by atoms with Crippen LogP contribution in [-0.4, -0.2) is 5.84 Å². The highest BCUT2D eigenvalue weighted by Crippen LogP contribution is 2.39. The maximum absolute atomic E-state index is 12.2. The molecule has 0 atom stereocenters. The Labute approximate surface area is 188 Å². The molecule has 0 aromatic heterocycles. The Kier molecular flexibility index (Phi) is 8.41. The summed E-state index contributed by atoms with van der Waals surface area (Å²) in [6.07, 6.45) is -3.80. The van der Waals surface area contributed by atoms with Gasteiger partial charge in [-0.3, -0.25) is 4.99 Å². The standard InChI is InChI=1S/C18H20N2.C9H9F3/c1-14(2)18(20-15(3)19,16-10-6-4-7-11-16)17-12-8-5-9-13-17;1-2-7-5-3-4-6-8(7)9(10,11)12/h4-13H,1H2,2-3H3,(H2,19,20);3-6H,2H2,1H3. The number of nitrogens with zero attached hydrogens (tertiary/aromatic N) is 1. The highest BCUT2D eigenvalue weighted by atomic mass is 19.4. The molecule has 168 valence electrons. The number of aliphatic imine (C=N–C) groups is 1. The summed E-state index contributed by atoms with van der Waals surface area (Å²) in [5, 5.41) is 0. The van der Waals surface area contributed by atoms with Crippen LogP contribution in [0, 0.1) is 0 Å². The first-order valence-electron chi connectivity index (χ1n) is 10.4. The van der Waals surface area contributed by atoms with E-state index in [2.05, 4.69) is 30.8 Å². The van der Waals surface area contributed by atoms with Crippen LogP contribution in [0.1, 0.15) is 43.0 Å². The molecule has 0 aliphatic carbocycles. The maximum Gasteiger partial charge on any atom is 0.416 e. The van der Waals surface area contributed by atoms with Crippen LogP contribution in [0.5, 0.6) is 0 Å². The predicted molar refractivity (Wildman–Crippen MR) is 127 cm³/mol. The minimum absolute atomic E-state index is 0.352. The zero-order valence-corrected chi connectivity index (χ0v) is 18.7. The Morgan fingerprint density at radius 1 is 0.812 bits per heavy atom. The van der Waals surface area contributed by atoms with Crippen LogP contribution < -0.4 is 5.73 Å². The van der Waals surface area contributed by atoms with E-state index in [1.165, 1.54) is 12.1 Å². The van der Waals surface area contributed by atoms with Gasteiger partial charge in [-0.2, -0.15) is 13.2 Å². The summed E-state index contributed by atoms with van der Waals surface area (Å²) in [6, 6.07) is 25.9. The zero-order valence-electron chi connectivity index (χ0n) is 18.7. The number of nitrogens with two attached hydrogens (primary N) is 1. The van der Waals surface area contributed by atoms with Crippen molar-refractivity contribution in [2.75, 3.05) is 0 Å². The van der Waals surface area contributed by atoms with Gasteiger partial charge in [0.1, 0.15) is 5.54 Å². The number of hydrogen-bond donors (Lipinski definition) is 1. The molecule has 2 nitrogen and oxygen atoms in total. The molecule has 0 saturated heterocycles. The van der Waals surface area contributed by atoms with Crippen molar-refractivity contribution >= 4 is 5.84 Å². The summed E-state index contributed by atoms with van der Waals surface area (Å²) in [5.41, 5.74) is 8.20. The number of amidine groups is 1. The molecule has 5 heteroatoms. The minimum atomic E-state index is -4.22. The predicted octanol–water partition coefficient (Wildman–Crippen LogP) is 7.15. The van der Waals surface area contributed by atoms with Gasteiger partial charge in [0.05, 0.1) is 11.4 Å². The second-order valence-electron chi connectivity index (χ2n) is 7.48. The number of alkyl halides is 3. The Morgan fingerprint density at radius 2 is 1.25 bits per heavy atom. The van der Waals surface area contributed by atoms with Crippen molar-refractivity contribution in [3.63, 3.8) is 0 Å². The van der Waals surface area contributed by atoms with Gasteiger partial charge in [-0.15, -0.1) is 0 Å². The second-order valence-corrected chi connectivity index (χ2v) is 7.48. The fraction of sp³-hybridized carbons (Fsp3) is 0.222. The fourth-order valence-electron chi connectivity index (χ4n) is 3.61. The fourth-order valence-corrected chi connectivity index (χ4v) is 3.61. The van der Waals surface area contributed by atoms with E-state index in [0.29, 0.717) is 17.8 Å². The molecule has 3 rings (SSSR count). The van der Waals surface area contributed by atoms with E-state index in [-0.39, 0.29) is 0 Å². The monoisotopic (exact) mass is 438 g/mol. The number of halogens is 3. The lowest BCUT2D eigenvalue weighted by Crippen LogP contribution is -2.29. The molecule has 0 fully saturated rings. The molecule has 0 heterocycles. The third kappa shape index (κ3) is 5.88. The topological polar surface area (TPSA) is 38.4 Å². The molecule has 0 unspecified atom stereocenters. The average Bonchev–Trinajstić information content (AvgIpc) is 2.78. The lowest BCUT2D eigenvalue weighted by atomic mass is 9.78. The van der Waals surface area contributed by atoms with Crippen LogP contribution in [0.15, 0.2) is 102 Å². The summed E-state index contributed by atoms with van der Waals surface area (Å²) in [7, 11) is 0. The van der Waals surface area contributed by atoms with Crippen molar-refractivity contribution in [2.24, 2.45) is 10.7 Å². The molecule has 0 aliphatic rings. The van der Waals surface area contributed by atoms with E-state index in [4.69, 9.17) is 10.7 Å². The molecule has 0 radical (unpaired) electrons. The van der Waals surface area contributed by atoms with Gasteiger partial charge in [-0.05, 0) is 48.6 Å². The number of rotatable bonds is 5. The molecule has 0 aliphatic heterocycles. The van der Waals surface area contributed by atoms with Crippen molar-refractivity contribution in [3.05, 3.63) is 119 Å². The van der Waals surface area contributed by atoms with Gasteiger partial charge in [0, 0.05) is 0 Å². The van der Waals surface area contributed by atoms with E-state index in [1.54, 1.807) is 13.0 Å². The summed E-state index contributed by atoms with van der Waals surface area (Å²) >= 11 is 0. The van der Waals surface area contributed by atoms with Crippen molar-refractivity contribution in [3.8, 4) is 0 Å². The van der Waals surface area contributed by atoms with Crippen LogP contribution in [0.3, 0.4) is 0 Å². The number of aryl methyl sites for hydroxylation is 1. The Hall–Kier alpha value is -3.34. The molecule has 0 amide bonds. The summed E-state index contributed by atoms with van der Waals surface area (Å²) in [5.74, 6) is 0.542. The smallest absolute Gasteiger partial charge is 0.388 e. The average molecular weight is 439 g/mol. The van der Waals surface area contributed by atoms with Gasteiger partial charge in [-0.1, -0.05) is 92.4 Å². The van der Waals surface area contributed by atoms with Crippen LogP contribution in [-0.2, 0) is 18.1 Å². The number of hydrogen-bond acceptors (Lipinski definition) is 1. The molecule has 0 bridgehead atoms. The molecule has 0 spiro atoms. The van der Waals surface area contributed by atoms with E-state index in [1.807, 2.05) is 50.2 Å². The quantitative estimate of drug-likeness (QED) is 0.256. The SMILES string of the molecule is C=C(C)C(N=C(C)N)(c1ccccc1)c1ccccc1.CCc1ccccc1C(F)(F)F. The van der Waals surface area contributed by atoms with Crippen molar-refractivity contribution in [1.29, 1.82) is 0 Å². The number of benzene rings is 3. The van der Waals surface area contributed by atoms with Crippen molar-refractivity contribution < 1.29 is 13.2 Å². The lowest BCUT2D eigenvalue weighted by Gasteiger charge is -2.32. The van der Waals surface area contributed by atoms with Crippen LogP contribution in [0.25, 0.3) is 0 Å². The Bertz CT molecular complexity index is 996. The van der Waals surface area contributed by atoms with Gasteiger partial charge in [-0.25, -0.2) is 0 Å². The first-order valence-corrected chi connectivity index (χ1v) is 10.4. The summed E-state index contributed by atoms with van der Waals surface area (Å²) in [6.45, 7) is 9.69. The van der Waals surface area contributed by atoms with Crippen molar-refractivity contribution in [1.82, 2.24) is 0 Å². The third-order valence-corrected chi connectivity index (χ3v) is 5.05. The summed E-state index contributed by atoms with van der Waals surface area (Å²) < 4.78 is 36.7. The van der Waals surface area contributed by atoms with E-state index < -0.39 is 17.3 Å². The molecule has 0 saturated carbocycles. The van der Waals surface area contributed by atoms with E-state index in [0.717, 1.165) is 22.8 Å². The first-order chi connectivity index (χ1) is 15.1. The molecule has 3 aromatic carbocycles. The van der Waals surface area contributed by atoms with Gasteiger partial charge >= 0.3 is 6.18 Å². The third-order valence-electron chi connectivity index (χ3n) is 5.05. The molecular weight excluding hydrogens is 409 g/mol. The molecular formula is C27H29F3N2. The maximum atomic E-state index is 12.2. The Morgan fingerprint density at radius 3 is 1.59 bits per heavy atom. The highest BCUT2D eigenvalue weighted by molar-refractivity contribution is 5.79.